The fourth-order valence-electron chi connectivity index (χ4n) is 13.3. The number of hydrogen-bond donors (Lipinski definition) is 3. The third-order valence-corrected chi connectivity index (χ3v) is 15.6. The molecule has 13 atom stereocenters. The lowest BCUT2D eigenvalue weighted by molar-refractivity contribution is -0.248. The summed E-state index contributed by atoms with van der Waals surface area (Å²) >= 11 is 0. The zero-order valence-electron chi connectivity index (χ0n) is 28.9. The Balaban J connectivity index is 1.07. The lowest BCUT2D eigenvalue weighted by Gasteiger charge is -2.60. The van der Waals surface area contributed by atoms with E-state index in [1.807, 2.05) is 0 Å². The number of ether oxygens (including phenoxy) is 3. The van der Waals surface area contributed by atoms with Crippen LogP contribution in [0.15, 0.2) is 0 Å². The molecule has 7 heteroatoms. The van der Waals surface area contributed by atoms with Crippen molar-refractivity contribution in [3.05, 3.63) is 0 Å². The molecule has 0 bridgehead atoms. The number of rotatable bonds is 7. The molecule has 0 amide bonds. The molecule has 4 N–H and O–H groups in total. The van der Waals surface area contributed by atoms with Crippen LogP contribution in [0, 0.1) is 45.3 Å². The van der Waals surface area contributed by atoms with Gasteiger partial charge in [-0.2, -0.15) is 0 Å². The number of nitrogens with two attached hydrogens (primary N) is 1. The summed E-state index contributed by atoms with van der Waals surface area (Å²) in [6.45, 7) is 18.3. The van der Waals surface area contributed by atoms with Gasteiger partial charge >= 0.3 is 0 Å². The second-order valence-corrected chi connectivity index (χ2v) is 18.0. The van der Waals surface area contributed by atoms with Gasteiger partial charge in [0.25, 0.3) is 0 Å². The summed E-state index contributed by atoms with van der Waals surface area (Å²) in [4.78, 5) is 2.60. The average molecular weight is 617 g/mol. The maximum atomic E-state index is 12.1. The number of nitrogens with zero attached hydrogens (tertiary/aromatic N) is 1. The van der Waals surface area contributed by atoms with Crippen LogP contribution in [0.2, 0.25) is 0 Å². The third kappa shape index (κ3) is 4.52. The Morgan fingerprint density at radius 3 is 2.41 bits per heavy atom. The Bertz CT molecular complexity index is 1070. The molecule has 0 aromatic rings. The molecular formula is C37H64N2O5. The number of aliphatic hydroxyl groups is 2. The van der Waals surface area contributed by atoms with E-state index >= 15 is 0 Å². The van der Waals surface area contributed by atoms with Crippen molar-refractivity contribution in [2.45, 2.75) is 167 Å². The monoisotopic (exact) mass is 616 g/mol. The standard InChI is InChI=1S/C37H64N2O5/c1-8-22(9-2)39-18-19-42-28(20-39)44-27-14-15-37-21-36(37)17-16-35(7)24-10-12-25(32(38)34(5,6)41)43-31(24)30(40)29(35)23(36)11-13-26(37)33(27,3)4/h22-32,40-41H,8-21,38H2,1-7H3/t23?,24?,25?,26?,27?,28?,29?,30-,31?,32?,35?,36?,37?/m1/s1. The molecular weight excluding hydrogens is 552 g/mol. The normalized spacial score (nSPS) is 50.7. The molecule has 2 aliphatic heterocycles. The summed E-state index contributed by atoms with van der Waals surface area (Å²) in [5, 5.41) is 22.7. The van der Waals surface area contributed by atoms with Crippen molar-refractivity contribution in [3.8, 4) is 0 Å². The Kier molecular flexibility index (Phi) is 7.97. The van der Waals surface area contributed by atoms with Gasteiger partial charge in [-0.05, 0) is 130 Å². The smallest absolute Gasteiger partial charge is 0.170 e. The van der Waals surface area contributed by atoms with Crippen LogP contribution in [0.1, 0.15) is 119 Å². The zero-order valence-corrected chi connectivity index (χ0v) is 28.9. The number of hydrogen-bond acceptors (Lipinski definition) is 7. The van der Waals surface area contributed by atoms with Crippen molar-refractivity contribution in [3.63, 3.8) is 0 Å². The van der Waals surface area contributed by atoms with Crippen LogP contribution >= 0.6 is 0 Å². The zero-order chi connectivity index (χ0) is 31.4. The number of morpholine rings is 1. The highest BCUT2D eigenvalue weighted by Gasteiger charge is 2.81. The van der Waals surface area contributed by atoms with Gasteiger partial charge in [-0.3, -0.25) is 4.90 Å². The van der Waals surface area contributed by atoms with E-state index in [-0.39, 0.29) is 35.4 Å². The number of aliphatic hydroxyl groups excluding tert-OH is 1. The molecule has 2 heterocycles. The van der Waals surface area contributed by atoms with Crippen molar-refractivity contribution in [1.29, 1.82) is 0 Å². The van der Waals surface area contributed by atoms with Crippen LogP contribution in [0.4, 0.5) is 0 Å². The van der Waals surface area contributed by atoms with Crippen LogP contribution in [-0.4, -0.2) is 83.2 Å². The highest BCUT2D eigenvalue weighted by atomic mass is 16.7. The van der Waals surface area contributed by atoms with Crippen LogP contribution in [0.25, 0.3) is 0 Å². The van der Waals surface area contributed by atoms with Gasteiger partial charge in [0.05, 0.1) is 42.7 Å². The molecule has 0 aromatic carbocycles. The van der Waals surface area contributed by atoms with E-state index in [9.17, 15) is 10.2 Å². The highest BCUT2D eigenvalue weighted by Crippen LogP contribution is 2.87. The van der Waals surface area contributed by atoms with Gasteiger partial charge in [0.1, 0.15) is 0 Å². The molecule has 44 heavy (non-hydrogen) atoms. The fraction of sp³-hybridized carbons (Fsp3) is 1.00. The maximum Gasteiger partial charge on any atom is 0.170 e. The molecule has 7 aliphatic rings. The van der Waals surface area contributed by atoms with Gasteiger partial charge in [-0.15, -0.1) is 0 Å². The Morgan fingerprint density at radius 1 is 0.977 bits per heavy atom. The van der Waals surface area contributed by atoms with E-state index < -0.39 is 17.7 Å². The first-order chi connectivity index (χ1) is 20.7. The van der Waals surface area contributed by atoms with Crippen molar-refractivity contribution < 1.29 is 24.4 Å². The van der Waals surface area contributed by atoms with Crippen LogP contribution in [-0.2, 0) is 14.2 Å². The van der Waals surface area contributed by atoms with Gasteiger partial charge in [-0.25, -0.2) is 0 Å². The third-order valence-electron chi connectivity index (χ3n) is 15.6. The second kappa shape index (κ2) is 10.9. The van der Waals surface area contributed by atoms with E-state index in [1.54, 1.807) is 13.8 Å². The number of fused-ring (bicyclic) bond motifs is 4. The molecule has 12 unspecified atom stereocenters. The Labute approximate surface area is 267 Å². The van der Waals surface area contributed by atoms with E-state index in [0.717, 1.165) is 39.0 Å². The molecule has 2 saturated heterocycles. The average Bonchev–Trinajstić information content (AvgIpc) is 3.60. The van der Waals surface area contributed by atoms with Crippen molar-refractivity contribution in [2.24, 2.45) is 51.1 Å². The Morgan fingerprint density at radius 2 is 1.70 bits per heavy atom. The van der Waals surface area contributed by atoms with Gasteiger partial charge in [0, 0.05) is 19.1 Å². The van der Waals surface area contributed by atoms with E-state index in [1.165, 1.54) is 51.4 Å². The topological polar surface area (TPSA) is 97.4 Å². The molecule has 5 aliphatic carbocycles. The van der Waals surface area contributed by atoms with Gasteiger partial charge < -0.3 is 30.2 Å². The van der Waals surface area contributed by atoms with Gasteiger partial charge in [-0.1, -0.05) is 34.6 Å². The van der Waals surface area contributed by atoms with Crippen molar-refractivity contribution in [2.75, 3.05) is 19.7 Å². The van der Waals surface area contributed by atoms with Gasteiger partial charge in [0.2, 0.25) is 0 Å². The van der Waals surface area contributed by atoms with E-state index in [0.29, 0.717) is 40.5 Å². The highest BCUT2D eigenvalue weighted by molar-refractivity contribution is 5.30. The Hall–Kier alpha value is -0.280. The quantitative estimate of drug-likeness (QED) is 0.348. The molecule has 7 nitrogen and oxygen atoms in total. The lowest BCUT2D eigenvalue weighted by atomic mass is 9.46. The summed E-state index contributed by atoms with van der Waals surface area (Å²) in [6.07, 6.45) is 12.3. The minimum absolute atomic E-state index is 0.111. The van der Waals surface area contributed by atoms with Gasteiger partial charge in [0.15, 0.2) is 6.29 Å². The summed E-state index contributed by atoms with van der Waals surface area (Å²) in [5.74, 6) is 1.92. The fourth-order valence-corrected chi connectivity index (χ4v) is 13.3. The molecule has 252 valence electrons. The first kappa shape index (κ1) is 32.3. The van der Waals surface area contributed by atoms with Crippen molar-refractivity contribution in [1.82, 2.24) is 4.90 Å². The second-order valence-electron chi connectivity index (χ2n) is 18.0. The molecule has 0 aromatic heterocycles. The molecule has 5 saturated carbocycles. The molecule has 2 spiro atoms. The predicted octanol–water partition coefficient (Wildman–Crippen LogP) is 5.49. The minimum Gasteiger partial charge on any atom is -0.390 e. The minimum atomic E-state index is -0.994. The van der Waals surface area contributed by atoms with Crippen molar-refractivity contribution >= 4 is 0 Å². The largest absolute Gasteiger partial charge is 0.390 e. The molecule has 0 radical (unpaired) electrons. The summed E-state index contributed by atoms with van der Waals surface area (Å²) in [7, 11) is 0. The maximum absolute atomic E-state index is 12.1. The molecule has 7 fully saturated rings. The first-order valence-corrected chi connectivity index (χ1v) is 18.6. The van der Waals surface area contributed by atoms with Crippen LogP contribution in [0.5, 0.6) is 0 Å². The first-order valence-electron chi connectivity index (χ1n) is 18.6. The molecule has 7 rings (SSSR count). The summed E-state index contributed by atoms with van der Waals surface area (Å²) in [6, 6.07) is 0.177. The van der Waals surface area contributed by atoms with Crippen LogP contribution < -0.4 is 5.73 Å². The summed E-state index contributed by atoms with van der Waals surface area (Å²) in [5.41, 5.74) is 6.49. The predicted molar refractivity (Wildman–Crippen MR) is 172 cm³/mol. The van der Waals surface area contributed by atoms with E-state index in [2.05, 4.69) is 39.5 Å². The summed E-state index contributed by atoms with van der Waals surface area (Å²) < 4.78 is 19.9. The van der Waals surface area contributed by atoms with Crippen LogP contribution in [0.3, 0.4) is 0 Å². The lowest BCUT2D eigenvalue weighted by Crippen LogP contribution is -2.57. The SMILES string of the molecule is CCC(CC)N1CCOC(OC2CCC34CC35CCC3(C)C6CCC(C(N)C(C)(C)O)OC6[C@H](O)C3C5CCC4C2(C)C)C1. The van der Waals surface area contributed by atoms with E-state index in [4.69, 9.17) is 19.9 Å².